The fourth-order valence-electron chi connectivity index (χ4n) is 2.35. The molecule has 1 unspecified atom stereocenters. The van der Waals surface area contributed by atoms with Crippen molar-refractivity contribution in [2.24, 2.45) is 0 Å². The minimum atomic E-state index is 0.254. The third kappa shape index (κ3) is 2.25. The van der Waals surface area contributed by atoms with Crippen LogP contribution in [0.1, 0.15) is 24.1 Å². The van der Waals surface area contributed by atoms with Gasteiger partial charge in [-0.1, -0.05) is 30.7 Å². The molecular formula is C16H15ClN2O. The first-order valence-corrected chi connectivity index (χ1v) is 6.84. The van der Waals surface area contributed by atoms with E-state index in [-0.39, 0.29) is 5.92 Å². The lowest BCUT2D eigenvalue weighted by molar-refractivity contribution is 0.414. The molecule has 0 bridgehead atoms. The van der Waals surface area contributed by atoms with E-state index in [0.29, 0.717) is 5.15 Å². The van der Waals surface area contributed by atoms with E-state index in [2.05, 4.69) is 35.1 Å². The van der Waals surface area contributed by atoms with Crippen LogP contribution in [0.15, 0.2) is 42.6 Å². The largest absolute Gasteiger partial charge is 0.497 e. The zero-order valence-electron chi connectivity index (χ0n) is 11.4. The first-order valence-electron chi connectivity index (χ1n) is 6.46. The van der Waals surface area contributed by atoms with Gasteiger partial charge in [0.25, 0.3) is 0 Å². The number of hydrogen-bond acceptors (Lipinski definition) is 2. The van der Waals surface area contributed by atoms with Gasteiger partial charge >= 0.3 is 0 Å². The SMILES string of the molecule is COc1ccc(C(C)c2cc3c(Cl)nccc3[nH]2)cc1. The second-order valence-corrected chi connectivity index (χ2v) is 5.14. The van der Waals surface area contributed by atoms with E-state index in [4.69, 9.17) is 16.3 Å². The van der Waals surface area contributed by atoms with Crippen LogP contribution < -0.4 is 4.74 Å². The summed E-state index contributed by atoms with van der Waals surface area (Å²) in [7, 11) is 1.67. The van der Waals surface area contributed by atoms with E-state index >= 15 is 0 Å². The number of fused-ring (bicyclic) bond motifs is 1. The number of methoxy groups -OCH3 is 1. The maximum Gasteiger partial charge on any atom is 0.138 e. The summed E-state index contributed by atoms with van der Waals surface area (Å²) in [5, 5.41) is 1.50. The number of H-pyrrole nitrogens is 1. The van der Waals surface area contributed by atoms with Gasteiger partial charge in [0.2, 0.25) is 0 Å². The first-order chi connectivity index (χ1) is 9.69. The number of rotatable bonds is 3. The molecule has 20 heavy (non-hydrogen) atoms. The molecule has 102 valence electrons. The molecule has 2 heterocycles. The van der Waals surface area contributed by atoms with E-state index in [1.807, 2.05) is 18.2 Å². The molecule has 0 saturated carbocycles. The highest BCUT2D eigenvalue weighted by Crippen LogP contribution is 2.29. The number of benzene rings is 1. The zero-order valence-corrected chi connectivity index (χ0v) is 12.1. The Labute approximate surface area is 122 Å². The van der Waals surface area contributed by atoms with Crippen LogP contribution in [0.2, 0.25) is 5.15 Å². The minimum absolute atomic E-state index is 0.254. The first kappa shape index (κ1) is 13.0. The van der Waals surface area contributed by atoms with Gasteiger partial charge in [0, 0.05) is 23.2 Å². The van der Waals surface area contributed by atoms with Gasteiger partial charge in [-0.05, 0) is 29.8 Å². The van der Waals surface area contributed by atoms with Gasteiger partial charge in [-0.3, -0.25) is 0 Å². The third-order valence-electron chi connectivity index (χ3n) is 3.60. The van der Waals surface area contributed by atoms with Crippen LogP contribution in [0.3, 0.4) is 0 Å². The van der Waals surface area contributed by atoms with Gasteiger partial charge in [0.05, 0.1) is 12.6 Å². The Morgan fingerprint density at radius 3 is 2.60 bits per heavy atom. The Balaban J connectivity index is 1.98. The van der Waals surface area contributed by atoms with E-state index in [0.717, 1.165) is 22.3 Å². The lowest BCUT2D eigenvalue weighted by atomic mass is 9.98. The van der Waals surface area contributed by atoms with Gasteiger partial charge in [-0.25, -0.2) is 4.98 Å². The fourth-order valence-corrected chi connectivity index (χ4v) is 2.56. The molecule has 0 radical (unpaired) electrons. The molecule has 1 atom stereocenters. The number of hydrogen-bond donors (Lipinski definition) is 1. The van der Waals surface area contributed by atoms with Crippen LogP contribution in [0, 0.1) is 0 Å². The average molecular weight is 287 g/mol. The van der Waals surface area contributed by atoms with Crippen molar-refractivity contribution < 1.29 is 4.74 Å². The summed E-state index contributed by atoms with van der Waals surface area (Å²) in [6, 6.07) is 12.1. The summed E-state index contributed by atoms with van der Waals surface area (Å²) in [6.45, 7) is 2.16. The van der Waals surface area contributed by atoms with Crippen molar-refractivity contribution in [2.45, 2.75) is 12.8 Å². The Bertz CT molecular complexity index is 734. The van der Waals surface area contributed by atoms with Crippen LogP contribution in [-0.4, -0.2) is 17.1 Å². The van der Waals surface area contributed by atoms with E-state index < -0.39 is 0 Å². The molecule has 2 aromatic heterocycles. The highest BCUT2D eigenvalue weighted by atomic mass is 35.5. The summed E-state index contributed by atoms with van der Waals surface area (Å²) in [4.78, 5) is 7.51. The van der Waals surface area contributed by atoms with Gasteiger partial charge in [0.15, 0.2) is 0 Å². The van der Waals surface area contributed by atoms with Crippen LogP contribution in [0.25, 0.3) is 10.9 Å². The Hall–Kier alpha value is -2.00. The molecule has 3 aromatic rings. The van der Waals surface area contributed by atoms with Crippen molar-refractivity contribution in [1.29, 1.82) is 0 Å². The van der Waals surface area contributed by atoms with Crippen LogP contribution >= 0.6 is 11.6 Å². The van der Waals surface area contributed by atoms with Crippen molar-refractivity contribution in [2.75, 3.05) is 7.11 Å². The molecule has 0 saturated heterocycles. The number of nitrogens with one attached hydrogen (secondary N) is 1. The molecule has 0 amide bonds. The number of aromatic amines is 1. The number of ether oxygens (including phenoxy) is 1. The number of pyridine rings is 1. The normalized spacial score (nSPS) is 12.6. The zero-order chi connectivity index (χ0) is 14.1. The monoisotopic (exact) mass is 286 g/mol. The van der Waals surface area contributed by atoms with Crippen molar-refractivity contribution in [3.8, 4) is 5.75 Å². The van der Waals surface area contributed by atoms with Crippen LogP contribution in [0.4, 0.5) is 0 Å². The van der Waals surface area contributed by atoms with Crippen LogP contribution in [0.5, 0.6) is 5.75 Å². The molecule has 3 nitrogen and oxygen atoms in total. The van der Waals surface area contributed by atoms with E-state index in [9.17, 15) is 0 Å². The molecule has 0 spiro atoms. The average Bonchev–Trinajstić information content (AvgIpc) is 2.92. The highest BCUT2D eigenvalue weighted by molar-refractivity contribution is 6.34. The smallest absolute Gasteiger partial charge is 0.138 e. The van der Waals surface area contributed by atoms with Gasteiger partial charge in [0.1, 0.15) is 10.9 Å². The van der Waals surface area contributed by atoms with Crippen molar-refractivity contribution >= 4 is 22.5 Å². The molecule has 3 rings (SSSR count). The highest BCUT2D eigenvalue weighted by Gasteiger charge is 2.13. The van der Waals surface area contributed by atoms with Crippen LogP contribution in [-0.2, 0) is 0 Å². The molecule has 0 aliphatic heterocycles. The molecule has 0 fully saturated rings. The number of halogens is 1. The summed E-state index contributed by atoms with van der Waals surface area (Å²) < 4.78 is 5.18. The predicted octanol–water partition coefficient (Wildman–Crippen LogP) is 4.38. The lowest BCUT2D eigenvalue weighted by Gasteiger charge is -2.10. The topological polar surface area (TPSA) is 37.9 Å². The molecule has 0 aliphatic carbocycles. The maximum atomic E-state index is 6.11. The molecule has 4 heteroatoms. The quantitative estimate of drug-likeness (QED) is 0.726. The minimum Gasteiger partial charge on any atom is -0.497 e. The maximum absolute atomic E-state index is 6.11. The lowest BCUT2D eigenvalue weighted by Crippen LogP contribution is -1.96. The van der Waals surface area contributed by atoms with E-state index in [1.165, 1.54) is 5.56 Å². The van der Waals surface area contributed by atoms with Gasteiger partial charge in [-0.2, -0.15) is 0 Å². The summed E-state index contributed by atoms with van der Waals surface area (Å²) in [5.74, 6) is 1.12. The molecule has 1 N–H and O–H groups in total. The Morgan fingerprint density at radius 1 is 1.20 bits per heavy atom. The Morgan fingerprint density at radius 2 is 1.95 bits per heavy atom. The predicted molar refractivity (Wildman–Crippen MR) is 81.6 cm³/mol. The summed E-state index contributed by atoms with van der Waals surface area (Å²) in [6.07, 6.45) is 1.71. The Kier molecular flexibility index (Phi) is 3.36. The molecule has 1 aromatic carbocycles. The van der Waals surface area contributed by atoms with Gasteiger partial charge < -0.3 is 9.72 Å². The summed E-state index contributed by atoms with van der Waals surface area (Å²) in [5.41, 5.74) is 3.36. The van der Waals surface area contributed by atoms with E-state index in [1.54, 1.807) is 13.3 Å². The summed E-state index contributed by atoms with van der Waals surface area (Å²) >= 11 is 6.11. The second kappa shape index (κ2) is 5.17. The van der Waals surface area contributed by atoms with Gasteiger partial charge in [-0.15, -0.1) is 0 Å². The number of nitrogens with zero attached hydrogens (tertiary/aromatic N) is 1. The van der Waals surface area contributed by atoms with Crippen molar-refractivity contribution in [3.63, 3.8) is 0 Å². The number of aromatic nitrogens is 2. The molecular weight excluding hydrogens is 272 g/mol. The van der Waals surface area contributed by atoms with Crippen molar-refractivity contribution in [3.05, 3.63) is 59.0 Å². The third-order valence-corrected chi connectivity index (χ3v) is 3.90. The standard InChI is InChI=1S/C16H15ClN2O/c1-10(11-3-5-12(20-2)6-4-11)15-9-13-14(19-15)7-8-18-16(13)17/h3-10,19H,1-2H3. The van der Waals surface area contributed by atoms with Crippen molar-refractivity contribution in [1.82, 2.24) is 9.97 Å². The molecule has 0 aliphatic rings. The second-order valence-electron chi connectivity index (χ2n) is 4.78. The fraction of sp³-hybridized carbons (Fsp3) is 0.188.